The number of nitro groups is 2. The van der Waals surface area contributed by atoms with Crippen molar-refractivity contribution in [1.29, 1.82) is 0 Å². The molecule has 2 heterocycles. The SMILES string of the molecule is Cc1ccc(-c2ccc(/C=C3\SC(=S)N(c4cccc([N+](=O)[O-])c4)C3=O)o2)cc1[N+](=O)[O-]. The number of carbonyl (C=O) groups excluding carboxylic acids is 1. The quantitative estimate of drug-likeness (QED) is 0.209. The van der Waals surface area contributed by atoms with Crippen LogP contribution in [0.5, 0.6) is 0 Å². The molecule has 4 rings (SSSR count). The Morgan fingerprint density at radius 1 is 1.06 bits per heavy atom. The minimum Gasteiger partial charge on any atom is -0.457 e. The van der Waals surface area contributed by atoms with Crippen molar-refractivity contribution >= 4 is 57.3 Å². The largest absolute Gasteiger partial charge is 0.457 e. The van der Waals surface area contributed by atoms with Crippen LogP contribution in [0.2, 0.25) is 0 Å². The van der Waals surface area contributed by atoms with Crippen molar-refractivity contribution in [3.8, 4) is 11.3 Å². The van der Waals surface area contributed by atoms with Crippen molar-refractivity contribution in [1.82, 2.24) is 0 Å². The van der Waals surface area contributed by atoms with Gasteiger partial charge in [-0.05, 0) is 25.1 Å². The van der Waals surface area contributed by atoms with E-state index in [4.69, 9.17) is 16.6 Å². The van der Waals surface area contributed by atoms with Gasteiger partial charge in [0.05, 0.1) is 20.4 Å². The molecule has 11 heteroatoms. The Balaban J connectivity index is 1.62. The van der Waals surface area contributed by atoms with Gasteiger partial charge in [-0.1, -0.05) is 42.2 Å². The number of aryl methyl sites for hydroxylation is 1. The van der Waals surface area contributed by atoms with Gasteiger partial charge in [-0.3, -0.25) is 29.9 Å². The molecule has 1 aliphatic heterocycles. The number of furan rings is 1. The average Bonchev–Trinajstić information content (AvgIpc) is 3.32. The van der Waals surface area contributed by atoms with Crippen LogP contribution in [-0.2, 0) is 4.79 Å². The molecule has 0 aliphatic carbocycles. The second kappa shape index (κ2) is 8.36. The van der Waals surface area contributed by atoms with Crippen LogP contribution < -0.4 is 4.90 Å². The molecule has 1 fully saturated rings. The van der Waals surface area contributed by atoms with Crippen molar-refractivity contribution in [3.05, 3.63) is 91.1 Å². The predicted molar refractivity (Wildman–Crippen MR) is 124 cm³/mol. The number of anilines is 1. The number of amides is 1. The fraction of sp³-hybridized carbons (Fsp3) is 0.0476. The Morgan fingerprint density at radius 2 is 1.84 bits per heavy atom. The molecular weight excluding hydrogens is 454 g/mol. The Morgan fingerprint density at radius 3 is 2.56 bits per heavy atom. The fourth-order valence-electron chi connectivity index (χ4n) is 3.11. The van der Waals surface area contributed by atoms with Crippen molar-refractivity contribution in [2.75, 3.05) is 4.90 Å². The van der Waals surface area contributed by atoms with Gasteiger partial charge in [0.15, 0.2) is 4.32 Å². The Labute approximate surface area is 190 Å². The zero-order valence-corrected chi connectivity index (χ0v) is 18.0. The normalized spacial score (nSPS) is 14.9. The molecule has 32 heavy (non-hydrogen) atoms. The van der Waals surface area contributed by atoms with Crippen LogP contribution in [0, 0.1) is 27.2 Å². The molecule has 3 aromatic rings. The highest BCUT2D eigenvalue weighted by Gasteiger charge is 2.34. The summed E-state index contributed by atoms with van der Waals surface area (Å²) in [4.78, 5) is 35.6. The van der Waals surface area contributed by atoms with Gasteiger partial charge in [0.25, 0.3) is 17.3 Å². The lowest BCUT2D eigenvalue weighted by Crippen LogP contribution is -2.27. The lowest BCUT2D eigenvalue weighted by molar-refractivity contribution is -0.385. The summed E-state index contributed by atoms with van der Waals surface area (Å²) in [6.45, 7) is 1.65. The Bertz CT molecular complexity index is 1330. The first-order valence-electron chi connectivity index (χ1n) is 9.12. The van der Waals surface area contributed by atoms with E-state index in [1.54, 1.807) is 37.3 Å². The number of hydrogen-bond donors (Lipinski definition) is 0. The maximum atomic E-state index is 12.9. The Kier molecular flexibility index (Phi) is 5.59. The minimum atomic E-state index is -0.545. The van der Waals surface area contributed by atoms with Gasteiger partial charge in [-0.25, -0.2) is 0 Å². The number of nitrogens with zero attached hydrogens (tertiary/aromatic N) is 3. The number of non-ortho nitro benzene ring substituents is 1. The number of benzene rings is 2. The van der Waals surface area contributed by atoms with Crippen LogP contribution in [-0.4, -0.2) is 20.1 Å². The van der Waals surface area contributed by atoms with Crippen LogP contribution in [0.3, 0.4) is 0 Å². The van der Waals surface area contributed by atoms with Gasteiger partial charge >= 0.3 is 0 Å². The van der Waals surface area contributed by atoms with E-state index in [0.717, 1.165) is 11.8 Å². The van der Waals surface area contributed by atoms with Gasteiger partial charge in [0.1, 0.15) is 11.5 Å². The summed E-state index contributed by atoms with van der Waals surface area (Å²) < 4.78 is 6.00. The molecule has 1 saturated heterocycles. The maximum absolute atomic E-state index is 12.9. The van der Waals surface area contributed by atoms with Crippen molar-refractivity contribution in [3.63, 3.8) is 0 Å². The lowest BCUT2D eigenvalue weighted by Gasteiger charge is -2.13. The van der Waals surface area contributed by atoms with Crippen molar-refractivity contribution < 1.29 is 19.1 Å². The third-order valence-electron chi connectivity index (χ3n) is 4.68. The molecule has 0 unspecified atom stereocenters. The van der Waals surface area contributed by atoms with Gasteiger partial charge in [-0.2, -0.15) is 0 Å². The molecule has 1 amide bonds. The molecule has 1 aliphatic rings. The molecule has 0 saturated carbocycles. The summed E-state index contributed by atoms with van der Waals surface area (Å²) in [5, 5.41) is 22.2. The standard InChI is InChI=1S/C21H13N3O6S2/c1-12-5-6-13(9-17(12)24(28)29)18-8-7-16(30-18)11-19-20(25)22(21(31)32-19)14-3-2-4-15(10-14)23(26)27/h2-11H,1H3/b19-11-. The van der Waals surface area contributed by atoms with E-state index in [0.29, 0.717) is 28.3 Å². The first-order chi connectivity index (χ1) is 15.2. The summed E-state index contributed by atoms with van der Waals surface area (Å²) >= 11 is 6.35. The molecule has 160 valence electrons. The van der Waals surface area contributed by atoms with Crippen LogP contribution in [0.1, 0.15) is 11.3 Å². The van der Waals surface area contributed by atoms with E-state index >= 15 is 0 Å². The van der Waals surface area contributed by atoms with Crippen LogP contribution in [0.15, 0.2) is 63.9 Å². The molecule has 0 radical (unpaired) electrons. The number of rotatable bonds is 5. The second-order valence-electron chi connectivity index (χ2n) is 6.75. The highest BCUT2D eigenvalue weighted by atomic mass is 32.2. The third kappa shape index (κ3) is 4.03. The number of nitro benzene ring substituents is 2. The van der Waals surface area contributed by atoms with Crippen molar-refractivity contribution in [2.45, 2.75) is 6.92 Å². The van der Waals surface area contributed by atoms with Gasteiger partial charge in [0.2, 0.25) is 0 Å². The summed E-state index contributed by atoms with van der Waals surface area (Å²) in [7, 11) is 0. The van der Waals surface area contributed by atoms with E-state index < -0.39 is 15.8 Å². The fourth-order valence-corrected chi connectivity index (χ4v) is 4.39. The topological polar surface area (TPSA) is 120 Å². The van der Waals surface area contributed by atoms with E-state index in [2.05, 4.69) is 0 Å². The van der Waals surface area contributed by atoms with E-state index in [9.17, 15) is 25.0 Å². The monoisotopic (exact) mass is 467 g/mol. The molecular formula is C21H13N3O6S2. The first-order valence-corrected chi connectivity index (χ1v) is 10.3. The van der Waals surface area contributed by atoms with Gasteiger partial charge < -0.3 is 4.42 Å². The van der Waals surface area contributed by atoms with Crippen molar-refractivity contribution in [2.24, 2.45) is 0 Å². The third-order valence-corrected chi connectivity index (χ3v) is 5.99. The molecule has 1 aromatic heterocycles. The highest BCUT2D eigenvalue weighted by Crippen LogP contribution is 2.37. The average molecular weight is 467 g/mol. The molecule has 0 N–H and O–H groups in total. The number of hydrogen-bond acceptors (Lipinski definition) is 8. The maximum Gasteiger partial charge on any atom is 0.273 e. The predicted octanol–water partition coefficient (Wildman–Crippen LogP) is 5.48. The smallest absolute Gasteiger partial charge is 0.273 e. The Hall–Kier alpha value is -3.83. The summed E-state index contributed by atoms with van der Waals surface area (Å²) in [5.74, 6) is 0.348. The molecule has 0 bridgehead atoms. The van der Waals surface area contributed by atoms with E-state index in [-0.39, 0.29) is 20.6 Å². The zero-order chi connectivity index (χ0) is 23.0. The second-order valence-corrected chi connectivity index (χ2v) is 8.43. The van der Waals surface area contributed by atoms with Crippen LogP contribution in [0.25, 0.3) is 17.4 Å². The van der Waals surface area contributed by atoms with E-state index in [1.807, 2.05) is 0 Å². The number of thiocarbonyl (C=S) groups is 1. The minimum absolute atomic E-state index is 0.0155. The summed E-state index contributed by atoms with van der Waals surface area (Å²) in [6.07, 6.45) is 1.52. The van der Waals surface area contributed by atoms with Gasteiger partial charge in [-0.15, -0.1) is 0 Å². The molecule has 2 aromatic carbocycles. The van der Waals surface area contributed by atoms with Gasteiger partial charge in [0, 0.05) is 35.4 Å². The highest BCUT2D eigenvalue weighted by molar-refractivity contribution is 8.27. The molecule has 0 atom stereocenters. The first kappa shape index (κ1) is 21.4. The van der Waals surface area contributed by atoms with E-state index in [1.165, 1.54) is 35.2 Å². The number of thioether (sulfide) groups is 1. The zero-order valence-electron chi connectivity index (χ0n) is 16.4. The lowest BCUT2D eigenvalue weighted by atomic mass is 10.1. The number of carbonyl (C=O) groups is 1. The molecule has 0 spiro atoms. The van der Waals surface area contributed by atoms with Crippen LogP contribution in [0.4, 0.5) is 17.1 Å². The summed E-state index contributed by atoms with van der Waals surface area (Å²) in [5.41, 5.74) is 1.21. The summed E-state index contributed by atoms with van der Waals surface area (Å²) in [6, 6.07) is 13.7. The van der Waals surface area contributed by atoms with Crippen LogP contribution >= 0.6 is 24.0 Å². The molecule has 9 nitrogen and oxygen atoms in total.